The van der Waals surface area contributed by atoms with E-state index in [4.69, 9.17) is 0 Å². The number of benzene rings is 1. The molecule has 1 saturated carbocycles. The van der Waals surface area contributed by atoms with Gasteiger partial charge >= 0.3 is 5.97 Å². The number of fused-ring (bicyclic) bond motifs is 3. The lowest BCUT2D eigenvalue weighted by Crippen LogP contribution is -2.39. The van der Waals surface area contributed by atoms with E-state index in [-0.39, 0.29) is 28.7 Å². The summed E-state index contributed by atoms with van der Waals surface area (Å²) in [7, 11) is 0. The average Bonchev–Trinajstić information content (AvgIpc) is 3.12. The molecule has 1 aliphatic heterocycles. The van der Waals surface area contributed by atoms with E-state index in [1.807, 2.05) is 38.2 Å². The van der Waals surface area contributed by atoms with Gasteiger partial charge in [0.25, 0.3) is 0 Å². The molecule has 2 aromatic rings. The van der Waals surface area contributed by atoms with Gasteiger partial charge in [0.1, 0.15) is 6.04 Å². The molecule has 1 aliphatic carbocycles. The Bertz CT molecular complexity index is 993. The number of carbonyl (C=O) groups excluding carboxylic acids is 1. The maximum Gasteiger partial charge on any atom is 0.325 e. The third-order valence-corrected chi connectivity index (χ3v) is 6.82. The minimum Gasteiger partial charge on any atom is -0.480 e. The fourth-order valence-corrected chi connectivity index (χ4v) is 5.99. The third-order valence-electron chi connectivity index (χ3n) is 6.82. The molecule has 4 rings (SSSR count). The van der Waals surface area contributed by atoms with Crippen LogP contribution in [0.1, 0.15) is 65.5 Å². The summed E-state index contributed by atoms with van der Waals surface area (Å²) in [6, 6.07) is 5.22. The third kappa shape index (κ3) is 3.73. The van der Waals surface area contributed by atoms with Gasteiger partial charge in [-0.2, -0.15) is 0 Å². The molecule has 2 bridgehead atoms. The molecule has 6 nitrogen and oxygen atoms in total. The summed E-state index contributed by atoms with van der Waals surface area (Å²) < 4.78 is 0. The average molecular weight is 412 g/mol. The summed E-state index contributed by atoms with van der Waals surface area (Å²) in [6.07, 6.45) is 5.02. The summed E-state index contributed by atoms with van der Waals surface area (Å²) >= 11 is 0. The van der Waals surface area contributed by atoms with Crippen LogP contribution < -0.4 is 5.32 Å². The van der Waals surface area contributed by atoms with E-state index in [2.05, 4.69) is 36.0 Å². The normalized spacial score (nSPS) is 26.8. The zero-order valence-electron chi connectivity index (χ0n) is 18.6. The van der Waals surface area contributed by atoms with Gasteiger partial charge in [0, 0.05) is 46.9 Å². The second kappa shape index (κ2) is 7.12. The van der Waals surface area contributed by atoms with Crippen molar-refractivity contribution < 1.29 is 14.7 Å². The van der Waals surface area contributed by atoms with Gasteiger partial charge in [-0.3, -0.25) is 14.5 Å². The van der Waals surface area contributed by atoms with E-state index in [0.29, 0.717) is 5.69 Å². The molecule has 2 aliphatic rings. The Balaban J connectivity index is 1.72. The van der Waals surface area contributed by atoms with Crippen molar-refractivity contribution in [1.29, 1.82) is 0 Å². The maximum atomic E-state index is 12.5. The van der Waals surface area contributed by atoms with E-state index in [1.165, 1.54) is 0 Å². The van der Waals surface area contributed by atoms with Gasteiger partial charge in [0.2, 0.25) is 5.91 Å². The number of H-pyrrole nitrogens is 1. The number of amides is 1. The summed E-state index contributed by atoms with van der Waals surface area (Å²) in [5.41, 5.74) is 2.73. The Kier molecular flexibility index (Phi) is 4.96. The molecule has 6 heteroatoms. The SMILES string of the molecule is CC(C)C(=O)Nc1ccc2[nH]cc([C@@H](C(=O)O)N3C[C@]4(C)C[C@@H]3CC(C)(C)C4)c2c1. The molecule has 0 spiro atoms. The number of carbonyl (C=O) groups is 2. The summed E-state index contributed by atoms with van der Waals surface area (Å²) in [5, 5.41) is 14.0. The molecular weight excluding hydrogens is 378 g/mol. The van der Waals surface area contributed by atoms with Gasteiger partial charge in [0.15, 0.2) is 0 Å². The highest BCUT2D eigenvalue weighted by molar-refractivity contribution is 5.96. The lowest BCUT2D eigenvalue weighted by Gasteiger charge is -2.40. The van der Waals surface area contributed by atoms with Crippen molar-refractivity contribution in [2.75, 3.05) is 11.9 Å². The number of carboxylic acids is 1. The van der Waals surface area contributed by atoms with Crippen LogP contribution in [0, 0.1) is 16.7 Å². The van der Waals surface area contributed by atoms with E-state index in [1.54, 1.807) is 0 Å². The van der Waals surface area contributed by atoms with Crippen LogP contribution in [0.25, 0.3) is 10.9 Å². The Morgan fingerprint density at radius 3 is 2.63 bits per heavy atom. The van der Waals surface area contributed by atoms with Crippen molar-refractivity contribution in [2.45, 2.75) is 66.0 Å². The second-order valence-corrected chi connectivity index (χ2v) is 10.8. The number of aromatic amines is 1. The fraction of sp³-hybridized carbons (Fsp3) is 0.583. The monoisotopic (exact) mass is 411 g/mol. The number of carboxylic acid groups (broad SMARTS) is 1. The van der Waals surface area contributed by atoms with Crippen molar-refractivity contribution in [3.05, 3.63) is 30.0 Å². The zero-order chi connectivity index (χ0) is 21.8. The van der Waals surface area contributed by atoms with Crippen LogP contribution in [0.3, 0.4) is 0 Å². The van der Waals surface area contributed by atoms with Gasteiger partial charge < -0.3 is 15.4 Å². The van der Waals surface area contributed by atoms with Gasteiger partial charge in [-0.25, -0.2) is 0 Å². The molecule has 0 unspecified atom stereocenters. The maximum absolute atomic E-state index is 12.5. The van der Waals surface area contributed by atoms with Crippen LogP contribution in [0.15, 0.2) is 24.4 Å². The molecule has 30 heavy (non-hydrogen) atoms. The molecule has 3 N–H and O–H groups in total. The first-order valence-corrected chi connectivity index (χ1v) is 10.9. The number of rotatable bonds is 5. The molecule has 1 saturated heterocycles. The first kappa shape index (κ1) is 20.9. The Morgan fingerprint density at radius 1 is 1.23 bits per heavy atom. The van der Waals surface area contributed by atoms with E-state index in [0.717, 1.165) is 42.3 Å². The molecule has 1 amide bonds. The van der Waals surface area contributed by atoms with Crippen molar-refractivity contribution in [3.8, 4) is 0 Å². The summed E-state index contributed by atoms with van der Waals surface area (Å²) in [6.45, 7) is 11.4. The lowest BCUT2D eigenvalue weighted by atomic mass is 9.65. The van der Waals surface area contributed by atoms with Crippen molar-refractivity contribution in [1.82, 2.24) is 9.88 Å². The molecule has 162 valence electrons. The van der Waals surface area contributed by atoms with Crippen LogP contribution in [-0.4, -0.2) is 39.5 Å². The first-order chi connectivity index (χ1) is 14.0. The minimum absolute atomic E-state index is 0.0512. The largest absolute Gasteiger partial charge is 0.480 e. The van der Waals surface area contributed by atoms with E-state index < -0.39 is 12.0 Å². The number of aliphatic carboxylic acids is 1. The number of aromatic nitrogens is 1. The summed E-state index contributed by atoms with van der Waals surface area (Å²) in [5.74, 6) is -0.989. The molecule has 2 fully saturated rings. The Morgan fingerprint density at radius 2 is 1.97 bits per heavy atom. The van der Waals surface area contributed by atoms with Crippen LogP contribution >= 0.6 is 0 Å². The topological polar surface area (TPSA) is 85.4 Å². The van der Waals surface area contributed by atoms with Crippen LogP contribution in [0.2, 0.25) is 0 Å². The number of hydrogen-bond donors (Lipinski definition) is 3. The van der Waals surface area contributed by atoms with Gasteiger partial charge in [-0.15, -0.1) is 0 Å². The van der Waals surface area contributed by atoms with E-state index >= 15 is 0 Å². The van der Waals surface area contributed by atoms with E-state index in [9.17, 15) is 14.7 Å². The van der Waals surface area contributed by atoms with Crippen molar-refractivity contribution >= 4 is 28.5 Å². The number of nitrogens with one attached hydrogen (secondary N) is 2. The highest BCUT2D eigenvalue weighted by atomic mass is 16.4. The van der Waals surface area contributed by atoms with Gasteiger partial charge in [-0.1, -0.05) is 34.6 Å². The smallest absolute Gasteiger partial charge is 0.325 e. The Labute approximate surface area is 178 Å². The number of anilines is 1. The number of hydrogen-bond acceptors (Lipinski definition) is 3. The second-order valence-electron chi connectivity index (χ2n) is 10.8. The van der Waals surface area contributed by atoms with Gasteiger partial charge in [-0.05, 0) is 48.3 Å². The molecule has 2 heterocycles. The molecular formula is C24H33N3O3. The highest BCUT2D eigenvalue weighted by Gasteiger charge is 2.52. The van der Waals surface area contributed by atoms with Crippen LogP contribution in [-0.2, 0) is 9.59 Å². The minimum atomic E-state index is -0.818. The molecule has 0 radical (unpaired) electrons. The predicted molar refractivity (Wildman–Crippen MR) is 118 cm³/mol. The zero-order valence-corrected chi connectivity index (χ0v) is 18.6. The number of likely N-dealkylation sites (tertiary alicyclic amines) is 1. The summed E-state index contributed by atoms with van der Waals surface area (Å²) in [4.78, 5) is 30.1. The molecule has 1 aromatic heterocycles. The molecule has 3 atom stereocenters. The van der Waals surface area contributed by atoms with Crippen molar-refractivity contribution in [3.63, 3.8) is 0 Å². The standard InChI is InChI=1S/C24H33N3O3/c1-14(2)21(28)26-15-6-7-19-17(8-15)18(11-25-19)20(22(29)30)27-13-24(5)10-16(27)9-23(3,4)12-24/h6-8,11,14,16,20,25H,9-10,12-13H2,1-5H3,(H,26,28)(H,29,30)/t16-,20-,24+/m0/s1. The first-order valence-electron chi connectivity index (χ1n) is 10.9. The quantitative estimate of drug-likeness (QED) is 0.660. The lowest BCUT2D eigenvalue weighted by molar-refractivity contribution is -0.144. The number of nitrogens with zero attached hydrogens (tertiary/aromatic N) is 1. The Hall–Kier alpha value is -2.34. The van der Waals surface area contributed by atoms with Gasteiger partial charge in [0.05, 0.1) is 0 Å². The van der Waals surface area contributed by atoms with Crippen LogP contribution in [0.5, 0.6) is 0 Å². The predicted octanol–water partition coefficient (Wildman–Crippen LogP) is 4.79. The van der Waals surface area contributed by atoms with Crippen LogP contribution in [0.4, 0.5) is 5.69 Å². The fourth-order valence-electron chi connectivity index (χ4n) is 5.99. The molecule has 1 aromatic carbocycles. The van der Waals surface area contributed by atoms with Crippen molar-refractivity contribution in [2.24, 2.45) is 16.7 Å². The highest BCUT2D eigenvalue weighted by Crippen LogP contribution is 2.54.